The molecule has 1 nitrogen and oxygen atoms in total. The van der Waals surface area contributed by atoms with Crippen molar-refractivity contribution >= 4 is 61.2 Å². The van der Waals surface area contributed by atoms with Gasteiger partial charge in [-0.25, -0.2) is 4.44 Å². The van der Waals surface area contributed by atoms with Gasteiger partial charge in [0, 0.05) is 22.7 Å². The molecule has 1 aliphatic rings. The van der Waals surface area contributed by atoms with Crippen LogP contribution in [0.2, 0.25) is 0 Å². The Labute approximate surface area is 365 Å². The van der Waals surface area contributed by atoms with Gasteiger partial charge in [-0.15, -0.1) is 0 Å². The van der Waals surface area contributed by atoms with Gasteiger partial charge in [0.05, 0.1) is 0 Å². The number of rotatable bonds is 12. The van der Waals surface area contributed by atoms with Gasteiger partial charge in [0.2, 0.25) is 0 Å². The zero-order valence-corrected chi connectivity index (χ0v) is 37.4. The predicted octanol–water partition coefficient (Wildman–Crippen LogP) is 7.65. The maximum atomic E-state index is 2.82. The van der Waals surface area contributed by atoms with Crippen LogP contribution < -0.4 is 49.5 Å². The maximum Gasteiger partial charge on any atom is 1.00 e. The van der Waals surface area contributed by atoms with Crippen LogP contribution in [-0.4, -0.2) is 11.0 Å². The normalized spacial score (nSPS) is 11.8. The monoisotopic (exact) mass is 905 g/mol. The fourth-order valence-electron chi connectivity index (χ4n) is 6.20. The molecule has 0 aromatic heterocycles. The number of unbranched alkanes of at least 4 members (excludes halogenated alkanes) is 1. The SMILES string of the molecule is CCCCN(P(c1ccccc1)c1ccccc1)P(c1ccccc1)c1ccccc1.[CH]1[CH][CH][CH][CH]1.[Cl-].[Ru+].c1ccc(P(c2ccccc2)c2ccccc2)cc1. The second kappa shape index (κ2) is 26.7. The van der Waals surface area contributed by atoms with Crippen LogP contribution in [0, 0.1) is 32.1 Å². The van der Waals surface area contributed by atoms with Crippen molar-refractivity contribution in [1.82, 2.24) is 4.44 Å². The Kier molecular flexibility index (Phi) is 21.7. The minimum absolute atomic E-state index is 0. The van der Waals surface area contributed by atoms with Crippen LogP contribution in [0.3, 0.4) is 0 Å². The van der Waals surface area contributed by atoms with Gasteiger partial charge in [-0.2, -0.15) is 0 Å². The zero-order valence-electron chi connectivity index (χ0n) is 32.2. The molecule has 0 heterocycles. The summed E-state index contributed by atoms with van der Waals surface area (Å²) >= 11 is 0. The number of benzene rings is 7. The van der Waals surface area contributed by atoms with Crippen molar-refractivity contribution in [2.75, 3.05) is 6.54 Å². The molecular formula is C51H49ClNP3Ru. The Balaban J connectivity index is 0.000000235. The average Bonchev–Trinajstić information content (AvgIpc) is 3.87. The smallest absolute Gasteiger partial charge is 1.00 e. The Morgan fingerprint density at radius 1 is 0.333 bits per heavy atom. The van der Waals surface area contributed by atoms with E-state index in [1.165, 1.54) is 50.0 Å². The average molecular weight is 905 g/mol. The molecular weight excluding hydrogens is 856 g/mol. The van der Waals surface area contributed by atoms with E-state index in [4.69, 9.17) is 0 Å². The molecule has 0 bridgehead atoms. The van der Waals surface area contributed by atoms with Crippen molar-refractivity contribution in [3.8, 4) is 0 Å². The first-order valence-corrected chi connectivity index (χ1v) is 23.0. The Bertz CT molecular complexity index is 1760. The first-order valence-electron chi connectivity index (χ1n) is 19.0. The van der Waals surface area contributed by atoms with Crippen molar-refractivity contribution < 1.29 is 31.9 Å². The molecule has 6 radical (unpaired) electrons. The third kappa shape index (κ3) is 14.2. The first-order chi connectivity index (χ1) is 27.3. The summed E-state index contributed by atoms with van der Waals surface area (Å²) in [6.45, 7) is 3.38. The van der Waals surface area contributed by atoms with Crippen LogP contribution in [0.25, 0.3) is 0 Å². The van der Waals surface area contributed by atoms with Gasteiger partial charge in [0.1, 0.15) is 0 Å². The minimum atomic E-state index is -0.650. The molecule has 8 rings (SSSR count). The summed E-state index contributed by atoms with van der Waals surface area (Å²) < 4.78 is 2.82. The van der Waals surface area contributed by atoms with Crippen LogP contribution in [0.1, 0.15) is 19.8 Å². The summed E-state index contributed by atoms with van der Waals surface area (Å²) in [4.78, 5) is 0. The van der Waals surface area contributed by atoms with Crippen LogP contribution in [0.4, 0.5) is 0 Å². The van der Waals surface area contributed by atoms with E-state index in [0.717, 1.165) is 6.54 Å². The van der Waals surface area contributed by atoms with E-state index in [1.54, 1.807) is 0 Å². The summed E-state index contributed by atoms with van der Waals surface area (Å²) in [6.07, 6.45) is 12.4. The molecule has 0 spiro atoms. The van der Waals surface area contributed by atoms with E-state index in [1.807, 2.05) is 32.1 Å². The number of hydrogen-bond donors (Lipinski definition) is 0. The summed E-state index contributed by atoms with van der Waals surface area (Å²) in [5, 5.41) is 9.86. The second-order valence-corrected chi connectivity index (χ2v) is 19.5. The van der Waals surface area contributed by atoms with Gasteiger partial charge in [-0.3, -0.25) is 0 Å². The van der Waals surface area contributed by atoms with E-state index in [9.17, 15) is 0 Å². The molecule has 0 aliphatic heterocycles. The van der Waals surface area contributed by atoms with E-state index in [-0.39, 0.29) is 31.9 Å². The molecule has 0 N–H and O–H groups in total. The van der Waals surface area contributed by atoms with Crippen LogP contribution in [0.15, 0.2) is 212 Å². The number of halogens is 1. The first kappa shape index (κ1) is 46.4. The van der Waals surface area contributed by atoms with Crippen molar-refractivity contribution in [2.45, 2.75) is 19.8 Å². The van der Waals surface area contributed by atoms with E-state index in [2.05, 4.69) is 224 Å². The molecule has 1 saturated carbocycles. The molecule has 1 fully saturated rings. The molecule has 7 aromatic rings. The van der Waals surface area contributed by atoms with Gasteiger partial charge in [-0.1, -0.05) is 226 Å². The van der Waals surface area contributed by atoms with Crippen LogP contribution in [0.5, 0.6) is 0 Å². The largest absolute Gasteiger partial charge is 1.00 e. The van der Waals surface area contributed by atoms with E-state index in [0.29, 0.717) is 0 Å². The standard InChI is InChI=1S/C28H29NP2.C18H15P.C5H5.ClH.Ru/c1-2-3-24-29(30(25-16-8-4-9-17-25)26-18-10-5-11-19-26)31(27-20-12-6-13-21-27)28-22-14-7-15-23-28;1-4-10-16(11-5-1)19(17-12-6-2-7-13-17)18-14-8-3-9-15-18;1-2-4-5-3-1;;/h4-23H,2-3,24H2,1H3;1-15H;1-5H;1H;/q;;;;+1/p-1. The second-order valence-electron chi connectivity index (χ2n) is 12.7. The third-order valence-corrected chi connectivity index (χ3v) is 16.8. The van der Waals surface area contributed by atoms with Gasteiger partial charge >= 0.3 is 19.5 Å². The molecule has 1 aliphatic carbocycles. The van der Waals surface area contributed by atoms with Crippen molar-refractivity contribution in [3.63, 3.8) is 0 Å². The number of nitrogens with zero attached hydrogens (tertiary/aromatic N) is 1. The molecule has 0 saturated heterocycles. The van der Waals surface area contributed by atoms with Gasteiger partial charge in [0.15, 0.2) is 0 Å². The van der Waals surface area contributed by atoms with Crippen molar-refractivity contribution in [1.29, 1.82) is 0 Å². The quantitative estimate of drug-likeness (QED) is 0.0901. The Morgan fingerprint density at radius 2 is 0.544 bits per heavy atom. The minimum Gasteiger partial charge on any atom is -1.00 e. The molecule has 0 amide bonds. The maximum absolute atomic E-state index is 2.82. The summed E-state index contributed by atoms with van der Waals surface area (Å²) in [5.74, 6) is 0. The van der Waals surface area contributed by atoms with Crippen LogP contribution >= 0.6 is 24.1 Å². The summed E-state index contributed by atoms with van der Waals surface area (Å²) in [6, 6.07) is 76.7. The summed E-state index contributed by atoms with van der Waals surface area (Å²) in [7, 11) is -1.75. The van der Waals surface area contributed by atoms with Gasteiger partial charge in [-0.05, 0) is 83.6 Å². The van der Waals surface area contributed by atoms with Gasteiger partial charge < -0.3 is 12.4 Å². The Hall–Kier alpha value is -3.30. The fourth-order valence-corrected chi connectivity index (χ4v) is 14.6. The molecule has 0 atom stereocenters. The molecule has 288 valence electrons. The van der Waals surface area contributed by atoms with Gasteiger partial charge in [0.25, 0.3) is 0 Å². The third-order valence-electron chi connectivity index (χ3n) is 8.78. The Morgan fingerprint density at radius 3 is 0.754 bits per heavy atom. The van der Waals surface area contributed by atoms with Crippen LogP contribution in [-0.2, 0) is 19.5 Å². The molecule has 0 unspecified atom stereocenters. The fraction of sp³-hybridized carbons (Fsp3) is 0.0784. The molecule has 57 heavy (non-hydrogen) atoms. The zero-order chi connectivity index (χ0) is 37.8. The summed E-state index contributed by atoms with van der Waals surface area (Å²) in [5.41, 5.74) is 0. The van der Waals surface area contributed by atoms with E-state index < -0.39 is 24.1 Å². The topological polar surface area (TPSA) is 3.24 Å². The van der Waals surface area contributed by atoms with Crippen molar-refractivity contribution in [2.24, 2.45) is 0 Å². The van der Waals surface area contributed by atoms with Crippen molar-refractivity contribution in [3.05, 3.63) is 244 Å². The molecule has 7 aromatic carbocycles. The number of hydrogen-bond acceptors (Lipinski definition) is 1. The predicted molar refractivity (Wildman–Crippen MR) is 246 cm³/mol. The molecule has 6 heteroatoms. The van der Waals surface area contributed by atoms with E-state index >= 15 is 0 Å².